The van der Waals surface area contributed by atoms with Crippen LogP contribution < -0.4 is 10.5 Å². The molecular formula is C17H16N4O2S. The van der Waals surface area contributed by atoms with Gasteiger partial charge in [0.05, 0.1) is 17.4 Å². The Kier molecular flexibility index (Phi) is 4.32. The molecule has 122 valence electrons. The predicted octanol–water partition coefficient (Wildman–Crippen LogP) is 2.17. The molecule has 7 heteroatoms. The maximum atomic E-state index is 11.4. The highest BCUT2D eigenvalue weighted by molar-refractivity contribution is 8.28. The third-order valence-corrected chi connectivity index (χ3v) is 5.12. The number of nitrogens with two attached hydrogens (primary N) is 1. The Bertz CT molecular complexity index is 941. The number of hydrogen-bond donors (Lipinski definition) is 1. The van der Waals surface area contributed by atoms with Crippen LogP contribution >= 0.6 is 10.5 Å². The average molecular weight is 340 g/mol. The van der Waals surface area contributed by atoms with E-state index in [1.54, 1.807) is 0 Å². The van der Waals surface area contributed by atoms with E-state index in [4.69, 9.17) is 10.5 Å². The summed E-state index contributed by atoms with van der Waals surface area (Å²) in [7, 11) is -0.494. The number of amides is 1. The largest absolute Gasteiger partial charge is 0.489 e. The monoisotopic (exact) mass is 340 g/mol. The number of amidine groups is 1. The minimum atomic E-state index is -0.494. The van der Waals surface area contributed by atoms with E-state index < -0.39 is 10.5 Å². The molecule has 0 radical (unpaired) electrons. The van der Waals surface area contributed by atoms with Crippen LogP contribution in [0.2, 0.25) is 0 Å². The standard InChI is InChI=1S/C17H16N4O2S/c1-10(2)23-16-12(6-18)7-20-14-4-3-11(5-13(14)16)8-24-9-15(22)21-17(24)19/h3-5,7-8,10H,9H2,1-2H3,(H2,19,21,22). The van der Waals surface area contributed by atoms with E-state index in [0.29, 0.717) is 22.2 Å². The lowest BCUT2D eigenvalue weighted by Crippen LogP contribution is -2.08. The molecule has 1 unspecified atom stereocenters. The molecule has 1 aromatic heterocycles. The topological polar surface area (TPSA) is 101 Å². The summed E-state index contributed by atoms with van der Waals surface area (Å²) in [4.78, 5) is 19.5. The fourth-order valence-corrected chi connectivity index (χ4v) is 3.77. The molecule has 3 rings (SSSR count). The number of nitrogens with zero attached hydrogens (tertiary/aromatic N) is 3. The molecule has 1 amide bonds. The van der Waals surface area contributed by atoms with Crippen molar-refractivity contribution in [3.05, 3.63) is 35.5 Å². The van der Waals surface area contributed by atoms with Crippen LogP contribution in [0.5, 0.6) is 5.75 Å². The number of ether oxygens (including phenoxy) is 1. The van der Waals surface area contributed by atoms with Gasteiger partial charge >= 0.3 is 0 Å². The molecule has 0 spiro atoms. The highest BCUT2D eigenvalue weighted by Gasteiger charge is 2.17. The minimum absolute atomic E-state index is 0.0626. The van der Waals surface area contributed by atoms with Gasteiger partial charge in [0.25, 0.3) is 5.91 Å². The number of carbonyl (C=O) groups excluding carboxylic acids is 1. The maximum absolute atomic E-state index is 11.4. The second-order valence-corrected chi connectivity index (χ2v) is 7.39. The van der Waals surface area contributed by atoms with Crippen molar-refractivity contribution in [1.29, 1.82) is 5.26 Å². The number of pyridine rings is 1. The quantitative estimate of drug-likeness (QED) is 0.863. The van der Waals surface area contributed by atoms with Gasteiger partial charge in [-0.3, -0.25) is 9.78 Å². The lowest BCUT2D eigenvalue weighted by molar-refractivity contribution is -0.115. The summed E-state index contributed by atoms with van der Waals surface area (Å²) in [6.07, 6.45) is 1.46. The zero-order chi connectivity index (χ0) is 17.3. The summed E-state index contributed by atoms with van der Waals surface area (Å²) in [5, 5.41) is 12.4. The molecule has 2 N–H and O–H groups in total. The maximum Gasteiger partial charge on any atom is 0.258 e. The van der Waals surface area contributed by atoms with Gasteiger partial charge < -0.3 is 10.5 Å². The first-order valence-electron chi connectivity index (χ1n) is 7.39. The van der Waals surface area contributed by atoms with E-state index in [1.807, 2.05) is 37.4 Å². The van der Waals surface area contributed by atoms with Crippen LogP contribution in [0.4, 0.5) is 0 Å². The predicted molar refractivity (Wildman–Crippen MR) is 96.5 cm³/mol. The molecule has 24 heavy (non-hydrogen) atoms. The normalized spacial score (nSPS) is 17.3. The van der Waals surface area contributed by atoms with Gasteiger partial charge in [-0.25, -0.2) is 0 Å². The van der Waals surface area contributed by atoms with Gasteiger partial charge in [0.15, 0.2) is 5.17 Å². The number of aliphatic imine (C=N–C) groups is 1. The third kappa shape index (κ3) is 3.14. The lowest BCUT2D eigenvalue weighted by atomic mass is 10.1. The van der Waals surface area contributed by atoms with E-state index in [1.165, 1.54) is 6.20 Å². The van der Waals surface area contributed by atoms with E-state index >= 15 is 0 Å². The number of fused-ring (bicyclic) bond motifs is 1. The third-order valence-electron chi connectivity index (χ3n) is 3.38. The number of carbonyl (C=O) groups is 1. The lowest BCUT2D eigenvalue weighted by Gasteiger charge is -2.14. The Morgan fingerprint density at radius 2 is 2.25 bits per heavy atom. The van der Waals surface area contributed by atoms with Crippen molar-refractivity contribution in [2.24, 2.45) is 10.7 Å². The van der Waals surface area contributed by atoms with Crippen LogP contribution in [0.25, 0.3) is 10.9 Å². The van der Waals surface area contributed by atoms with E-state index in [2.05, 4.69) is 16.0 Å². The summed E-state index contributed by atoms with van der Waals surface area (Å²) < 4.78 is 5.84. The van der Waals surface area contributed by atoms with Gasteiger partial charge in [-0.15, -0.1) is 10.5 Å². The van der Waals surface area contributed by atoms with Crippen LogP contribution in [-0.2, 0) is 4.79 Å². The summed E-state index contributed by atoms with van der Waals surface area (Å²) in [6, 6.07) is 7.80. The molecule has 2 aromatic rings. The van der Waals surface area contributed by atoms with Gasteiger partial charge in [-0.1, -0.05) is 6.07 Å². The van der Waals surface area contributed by atoms with Gasteiger partial charge in [-0.2, -0.15) is 10.3 Å². The first-order valence-corrected chi connectivity index (χ1v) is 8.84. The van der Waals surface area contributed by atoms with Crippen molar-refractivity contribution in [2.75, 3.05) is 5.75 Å². The average Bonchev–Trinajstić information content (AvgIpc) is 2.85. The van der Waals surface area contributed by atoms with Crippen LogP contribution in [0.15, 0.2) is 29.4 Å². The Labute approximate surface area is 141 Å². The Morgan fingerprint density at radius 1 is 1.46 bits per heavy atom. The summed E-state index contributed by atoms with van der Waals surface area (Å²) in [6.45, 7) is 3.82. The molecule has 2 heterocycles. The Morgan fingerprint density at radius 3 is 2.88 bits per heavy atom. The molecule has 1 atom stereocenters. The highest BCUT2D eigenvalue weighted by atomic mass is 32.2. The highest BCUT2D eigenvalue weighted by Crippen LogP contribution is 2.30. The number of nitriles is 1. The molecule has 0 aliphatic carbocycles. The Balaban J connectivity index is 2.13. The van der Waals surface area contributed by atoms with Crippen molar-refractivity contribution in [3.8, 4) is 11.8 Å². The molecule has 0 fully saturated rings. The van der Waals surface area contributed by atoms with Crippen LogP contribution in [-0.4, -0.2) is 33.3 Å². The van der Waals surface area contributed by atoms with Gasteiger partial charge in [0.1, 0.15) is 17.4 Å². The fourth-order valence-electron chi connectivity index (χ4n) is 2.39. The zero-order valence-electron chi connectivity index (χ0n) is 13.3. The van der Waals surface area contributed by atoms with Crippen LogP contribution in [0.1, 0.15) is 25.0 Å². The van der Waals surface area contributed by atoms with E-state index in [0.717, 1.165) is 16.5 Å². The molecule has 0 saturated carbocycles. The van der Waals surface area contributed by atoms with Crippen molar-refractivity contribution in [3.63, 3.8) is 0 Å². The van der Waals surface area contributed by atoms with Crippen molar-refractivity contribution in [2.45, 2.75) is 20.0 Å². The molecular weight excluding hydrogens is 324 g/mol. The van der Waals surface area contributed by atoms with E-state index in [-0.39, 0.29) is 12.0 Å². The minimum Gasteiger partial charge on any atom is -0.489 e. The first kappa shape index (κ1) is 16.1. The molecule has 0 saturated heterocycles. The second kappa shape index (κ2) is 6.42. The zero-order valence-corrected chi connectivity index (χ0v) is 14.1. The first-order chi connectivity index (χ1) is 11.5. The molecule has 6 nitrogen and oxygen atoms in total. The second-order valence-electron chi connectivity index (χ2n) is 5.59. The SMILES string of the molecule is CC(C)Oc1c(C#N)cnc2ccc(C=S3CC(=O)N=C3N)cc12. The number of benzene rings is 1. The smallest absolute Gasteiger partial charge is 0.258 e. The number of aromatic nitrogens is 1. The molecule has 1 aliphatic rings. The van der Waals surface area contributed by atoms with Crippen molar-refractivity contribution in [1.82, 2.24) is 4.98 Å². The molecule has 0 bridgehead atoms. The summed E-state index contributed by atoms with van der Waals surface area (Å²) in [5.41, 5.74) is 7.84. The van der Waals surface area contributed by atoms with Gasteiger partial charge in [-0.05, 0) is 36.9 Å². The molecule has 1 aromatic carbocycles. The number of rotatable bonds is 3. The Hall–Kier alpha value is -2.72. The van der Waals surface area contributed by atoms with Crippen molar-refractivity contribution < 1.29 is 9.53 Å². The summed E-state index contributed by atoms with van der Waals surface area (Å²) in [5.74, 6) is 0.653. The molecule has 1 aliphatic heterocycles. The van der Waals surface area contributed by atoms with Crippen molar-refractivity contribution >= 4 is 37.8 Å². The number of hydrogen-bond acceptors (Lipinski definition) is 5. The van der Waals surface area contributed by atoms with Crippen LogP contribution in [0, 0.1) is 11.3 Å². The van der Waals surface area contributed by atoms with Gasteiger partial charge in [0.2, 0.25) is 0 Å². The van der Waals surface area contributed by atoms with Crippen LogP contribution in [0.3, 0.4) is 0 Å². The summed E-state index contributed by atoms with van der Waals surface area (Å²) >= 11 is 0. The fraction of sp³-hybridized carbons (Fsp3) is 0.235. The van der Waals surface area contributed by atoms with E-state index in [9.17, 15) is 10.1 Å². The van der Waals surface area contributed by atoms with Gasteiger partial charge in [0, 0.05) is 11.6 Å².